The first-order valence-electron chi connectivity index (χ1n) is 7.61. The summed E-state index contributed by atoms with van der Waals surface area (Å²) in [5.74, 6) is -2.33. The molecule has 1 aromatic carbocycles. The maximum atomic E-state index is 14.1. The summed E-state index contributed by atoms with van der Waals surface area (Å²) in [6, 6.07) is 1.46. The van der Waals surface area contributed by atoms with Crippen LogP contribution in [0.4, 0.5) is 8.78 Å². The van der Waals surface area contributed by atoms with Gasteiger partial charge in [0.05, 0.1) is 5.56 Å². The zero-order valence-corrected chi connectivity index (χ0v) is 13.4. The minimum Gasteiger partial charge on any atom is -0.505 e. The lowest BCUT2D eigenvalue weighted by atomic mass is 9.99. The van der Waals surface area contributed by atoms with E-state index in [0.717, 1.165) is 25.3 Å². The van der Waals surface area contributed by atoms with Crippen molar-refractivity contribution in [3.63, 3.8) is 0 Å². The van der Waals surface area contributed by atoms with Crippen LogP contribution in [0.3, 0.4) is 0 Å². The predicted molar refractivity (Wildman–Crippen MR) is 83.7 cm³/mol. The summed E-state index contributed by atoms with van der Waals surface area (Å²) < 4.78 is 30.4. The van der Waals surface area contributed by atoms with E-state index >= 15 is 0 Å². The van der Waals surface area contributed by atoms with Gasteiger partial charge in [-0.2, -0.15) is 0 Å². The molecule has 2 heterocycles. The molecule has 1 atom stereocenters. The number of fused-ring (bicyclic) bond motifs is 1. The first kappa shape index (κ1) is 16.1. The Balaban J connectivity index is 2.13. The molecule has 0 radical (unpaired) electrons. The number of aromatic nitrogens is 2. The summed E-state index contributed by atoms with van der Waals surface area (Å²) in [4.78, 5) is 12.6. The van der Waals surface area contributed by atoms with E-state index in [0.29, 0.717) is 25.1 Å². The Kier molecular flexibility index (Phi) is 4.19. The fraction of sp³-hybridized carbons (Fsp3) is 0.438. The van der Waals surface area contributed by atoms with Crippen LogP contribution in [0.15, 0.2) is 16.9 Å². The molecule has 0 saturated heterocycles. The topological polar surface area (TPSA) is 47.2 Å². The molecule has 1 N–H and O–H groups in total. The number of benzene rings is 1. The van der Waals surface area contributed by atoms with Crippen LogP contribution in [0.5, 0.6) is 5.75 Å². The van der Waals surface area contributed by atoms with Crippen LogP contribution in [0, 0.1) is 17.6 Å². The smallest absolute Gasteiger partial charge is 0.276 e. The van der Waals surface area contributed by atoms with Crippen LogP contribution < -0.4 is 5.56 Å². The monoisotopic (exact) mass is 342 g/mol. The number of nitrogens with zero attached hydrogens (tertiary/aromatic N) is 2. The average molecular weight is 343 g/mol. The van der Waals surface area contributed by atoms with Crippen molar-refractivity contribution in [3.8, 4) is 16.9 Å². The Bertz CT molecular complexity index is 813. The van der Waals surface area contributed by atoms with Crippen molar-refractivity contribution in [1.29, 1.82) is 0 Å². The van der Waals surface area contributed by atoms with E-state index in [1.807, 2.05) is 0 Å². The third kappa shape index (κ3) is 2.65. The first-order valence-corrected chi connectivity index (χ1v) is 7.99. The third-order valence-corrected chi connectivity index (χ3v) is 4.74. The normalized spacial score (nSPS) is 17.3. The van der Waals surface area contributed by atoms with Crippen LogP contribution in [-0.4, -0.2) is 14.5 Å². The summed E-state index contributed by atoms with van der Waals surface area (Å²) in [7, 11) is 0. The molecule has 7 heteroatoms. The van der Waals surface area contributed by atoms with Gasteiger partial charge in [-0.25, -0.2) is 13.5 Å². The fourth-order valence-corrected chi connectivity index (χ4v) is 3.56. The van der Waals surface area contributed by atoms with Gasteiger partial charge in [-0.3, -0.25) is 9.48 Å². The lowest BCUT2D eigenvalue weighted by Crippen LogP contribution is -2.32. The summed E-state index contributed by atoms with van der Waals surface area (Å²) in [6.45, 7) is 3.19. The molecule has 124 valence electrons. The molecular weight excluding hydrogens is 326 g/mol. The van der Waals surface area contributed by atoms with E-state index in [1.54, 1.807) is 4.68 Å². The largest absolute Gasteiger partial charge is 0.505 e. The van der Waals surface area contributed by atoms with Crippen molar-refractivity contribution in [3.05, 3.63) is 39.3 Å². The van der Waals surface area contributed by atoms with Gasteiger partial charge in [-0.15, -0.1) is 0 Å². The third-order valence-electron chi connectivity index (χ3n) is 4.36. The molecular formula is C16H17ClF2N2O2. The molecule has 0 fully saturated rings. The summed E-state index contributed by atoms with van der Waals surface area (Å²) in [5.41, 5.74) is -0.627. The highest BCUT2D eigenvalue weighted by molar-refractivity contribution is 6.32. The number of hydrogen-bond donors (Lipinski definition) is 1. The number of halogens is 3. The Labute approximate surface area is 136 Å². The van der Waals surface area contributed by atoms with Crippen molar-refractivity contribution in [2.75, 3.05) is 0 Å². The number of rotatable bonds is 3. The average Bonchev–Trinajstić information content (AvgIpc) is 2.75. The van der Waals surface area contributed by atoms with Crippen molar-refractivity contribution in [2.45, 2.75) is 39.3 Å². The number of phenolic OH excluding ortho intramolecular Hbond substituents is 1. The second-order valence-electron chi connectivity index (χ2n) is 5.90. The summed E-state index contributed by atoms with van der Waals surface area (Å²) in [6.07, 6.45) is 2.94. The highest BCUT2D eigenvalue weighted by Gasteiger charge is 2.27. The second kappa shape index (κ2) is 6.00. The molecule has 1 unspecified atom stereocenters. The number of hydrogen-bond acceptors (Lipinski definition) is 2. The number of phenols is 1. The standard InChI is InChI=1S/C16H17ClF2N2O2/c1-2-3-9-4-5-20-15(17)14(16(23)21(20)8-9)10-6-13(22)12(19)7-11(10)18/h6-7,9,22H,2-5,8H2,1H3. The molecule has 4 nitrogen and oxygen atoms in total. The van der Waals surface area contributed by atoms with Gasteiger partial charge < -0.3 is 5.11 Å². The predicted octanol–water partition coefficient (Wildman–Crippen LogP) is 3.77. The maximum absolute atomic E-state index is 14.1. The van der Waals surface area contributed by atoms with E-state index in [-0.39, 0.29) is 16.3 Å². The van der Waals surface area contributed by atoms with Gasteiger partial charge in [0.25, 0.3) is 5.56 Å². The Morgan fingerprint density at radius 1 is 1.30 bits per heavy atom. The first-order chi connectivity index (χ1) is 10.9. The Morgan fingerprint density at radius 3 is 2.74 bits per heavy atom. The van der Waals surface area contributed by atoms with Gasteiger partial charge in [0.1, 0.15) is 11.0 Å². The molecule has 0 spiro atoms. The van der Waals surface area contributed by atoms with Gasteiger partial charge >= 0.3 is 0 Å². The summed E-state index contributed by atoms with van der Waals surface area (Å²) >= 11 is 6.27. The molecule has 3 rings (SSSR count). The Hall–Kier alpha value is -1.82. The zero-order chi connectivity index (χ0) is 16.7. The van der Waals surface area contributed by atoms with Crippen LogP contribution in [0.2, 0.25) is 5.15 Å². The fourth-order valence-electron chi connectivity index (χ4n) is 3.20. The van der Waals surface area contributed by atoms with Gasteiger partial charge in [0.15, 0.2) is 11.6 Å². The van der Waals surface area contributed by atoms with Crippen LogP contribution >= 0.6 is 11.6 Å². The van der Waals surface area contributed by atoms with E-state index in [4.69, 9.17) is 11.6 Å². The molecule has 0 saturated carbocycles. The van der Waals surface area contributed by atoms with Gasteiger partial charge in [-0.1, -0.05) is 24.9 Å². The van der Waals surface area contributed by atoms with Crippen LogP contribution in [0.1, 0.15) is 26.2 Å². The van der Waals surface area contributed by atoms with Gasteiger partial charge in [0, 0.05) is 24.7 Å². The molecule has 1 aromatic heterocycles. The van der Waals surface area contributed by atoms with Gasteiger partial charge in [0.2, 0.25) is 0 Å². The maximum Gasteiger partial charge on any atom is 0.276 e. The minimum atomic E-state index is -1.07. The van der Waals surface area contributed by atoms with Crippen molar-refractivity contribution >= 4 is 11.6 Å². The van der Waals surface area contributed by atoms with Crippen molar-refractivity contribution in [1.82, 2.24) is 9.36 Å². The van der Waals surface area contributed by atoms with Crippen molar-refractivity contribution in [2.24, 2.45) is 5.92 Å². The molecule has 0 aliphatic carbocycles. The SMILES string of the molecule is CCCC1CCn2c(Cl)c(-c3cc(O)c(F)cc3F)c(=O)n2C1. The van der Waals surface area contributed by atoms with Gasteiger partial charge in [-0.05, 0) is 24.8 Å². The van der Waals surface area contributed by atoms with Crippen LogP contribution in [-0.2, 0) is 13.1 Å². The van der Waals surface area contributed by atoms with Crippen molar-refractivity contribution < 1.29 is 13.9 Å². The van der Waals surface area contributed by atoms with E-state index < -0.39 is 22.9 Å². The zero-order valence-electron chi connectivity index (χ0n) is 12.7. The molecule has 1 aliphatic rings. The lowest BCUT2D eigenvalue weighted by molar-refractivity contribution is 0.250. The second-order valence-corrected chi connectivity index (χ2v) is 6.26. The highest BCUT2D eigenvalue weighted by Crippen LogP contribution is 2.33. The minimum absolute atomic E-state index is 0.0309. The highest BCUT2D eigenvalue weighted by atomic mass is 35.5. The summed E-state index contributed by atoms with van der Waals surface area (Å²) in [5, 5.41) is 9.60. The van der Waals surface area contributed by atoms with Crippen LogP contribution in [0.25, 0.3) is 11.1 Å². The van der Waals surface area contributed by atoms with E-state index in [2.05, 4.69) is 6.92 Å². The molecule has 0 bridgehead atoms. The molecule has 0 amide bonds. The quantitative estimate of drug-likeness (QED) is 0.922. The van der Waals surface area contributed by atoms with E-state index in [9.17, 15) is 18.7 Å². The molecule has 2 aromatic rings. The molecule has 1 aliphatic heterocycles. The molecule has 23 heavy (non-hydrogen) atoms. The Morgan fingerprint density at radius 2 is 2.04 bits per heavy atom. The lowest BCUT2D eigenvalue weighted by Gasteiger charge is -2.25. The number of aromatic hydroxyl groups is 1. The van der Waals surface area contributed by atoms with E-state index in [1.165, 1.54) is 4.68 Å².